The number of nitrogens with one attached hydrogen (secondary N) is 1. The Bertz CT molecular complexity index is 845. The number of Topliss-reactive ketones (excluding diaryl/α,β-unsaturated/α-hetero) is 1. The van der Waals surface area contributed by atoms with Crippen molar-refractivity contribution in [2.45, 2.75) is 58.7 Å². The molecule has 0 heterocycles. The van der Waals surface area contributed by atoms with E-state index in [4.69, 9.17) is 0 Å². The van der Waals surface area contributed by atoms with Gasteiger partial charge in [0.05, 0.1) is 12.2 Å². The van der Waals surface area contributed by atoms with E-state index in [0.29, 0.717) is 0 Å². The summed E-state index contributed by atoms with van der Waals surface area (Å²) in [6.45, 7) is 5.63. The highest BCUT2D eigenvalue weighted by atomic mass is 16.3. The summed E-state index contributed by atoms with van der Waals surface area (Å²) in [5.74, 6) is -1.05. The molecule has 180 valence electrons. The second kappa shape index (κ2) is 15.8. The number of allylic oxidation sites excluding steroid dienone is 11. The molecular weight excluding hydrogens is 418 g/mol. The molecule has 4 unspecified atom stereocenters. The summed E-state index contributed by atoms with van der Waals surface area (Å²) in [5, 5.41) is 32.2. The lowest BCUT2D eigenvalue weighted by molar-refractivity contribution is -0.119. The molecule has 0 fully saturated rings. The van der Waals surface area contributed by atoms with E-state index >= 15 is 0 Å². The Morgan fingerprint density at radius 3 is 2.24 bits per heavy atom. The van der Waals surface area contributed by atoms with Gasteiger partial charge in [0, 0.05) is 30.8 Å². The van der Waals surface area contributed by atoms with Crippen LogP contribution in [0.2, 0.25) is 0 Å². The average Bonchev–Trinajstić information content (AvgIpc) is 3.10. The molecule has 0 spiro atoms. The number of carbonyl (C=O) groups is 2. The lowest BCUT2D eigenvalue weighted by Crippen LogP contribution is -2.32. The minimum atomic E-state index is -0.646. The van der Waals surface area contributed by atoms with E-state index in [1.165, 1.54) is 6.08 Å². The van der Waals surface area contributed by atoms with Gasteiger partial charge < -0.3 is 20.6 Å². The third-order valence-electron chi connectivity index (χ3n) is 5.29. The van der Waals surface area contributed by atoms with Gasteiger partial charge in [-0.05, 0) is 19.8 Å². The maximum absolute atomic E-state index is 11.7. The largest absolute Gasteiger partial charge is 0.510 e. The second-order valence-corrected chi connectivity index (χ2v) is 8.02. The summed E-state index contributed by atoms with van der Waals surface area (Å²) in [5.41, 5.74) is -0.00287. The lowest BCUT2D eigenvalue weighted by atomic mass is 9.89. The smallest absolute Gasteiger partial charge is 0.248 e. The van der Waals surface area contributed by atoms with Crippen molar-refractivity contribution < 1.29 is 24.9 Å². The zero-order valence-corrected chi connectivity index (χ0v) is 19.7. The molecule has 1 rings (SSSR count). The highest BCUT2D eigenvalue weighted by Gasteiger charge is 2.24. The third kappa shape index (κ3) is 10.9. The van der Waals surface area contributed by atoms with E-state index in [-0.39, 0.29) is 41.9 Å². The SMILES string of the molecule is C/C=C/C(O)C(C)C(O)C(C)/C=C/CC/C=C/C=C/C=C/C=C/C(=O)NC1=C(O)CCC1=O. The predicted octanol–water partition coefficient (Wildman–Crippen LogP) is 4.37. The molecule has 0 saturated carbocycles. The first-order valence-corrected chi connectivity index (χ1v) is 11.4. The van der Waals surface area contributed by atoms with Crippen LogP contribution in [0.25, 0.3) is 0 Å². The number of unbranched alkanes of at least 4 members (excludes halogenated alkanes) is 1. The van der Waals surface area contributed by atoms with E-state index in [0.717, 1.165) is 12.8 Å². The van der Waals surface area contributed by atoms with E-state index < -0.39 is 18.1 Å². The van der Waals surface area contributed by atoms with E-state index in [9.17, 15) is 24.9 Å². The molecule has 4 atom stereocenters. The average molecular weight is 456 g/mol. The molecule has 0 aromatic rings. The summed E-state index contributed by atoms with van der Waals surface area (Å²) in [6, 6.07) is 0. The van der Waals surface area contributed by atoms with Crippen molar-refractivity contribution in [2.75, 3.05) is 0 Å². The number of hydrogen-bond acceptors (Lipinski definition) is 5. The van der Waals surface area contributed by atoms with Crippen LogP contribution in [-0.2, 0) is 9.59 Å². The molecular formula is C27H37NO5. The van der Waals surface area contributed by atoms with Crippen molar-refractivity contribution in [2.24, 2.45) is 11.8 Å². The van der Waals surface area contributed by atoms with Crippen LogP contribution in [0.5, 0.6) is 0 Å². The number of amides is 1. The lowest BCUT2D eigenvalue weighted by Gasteiger charge is -2.25. The maximum Gasteiger partial charge on any atom is 0.248 e. The molecule has 0 radical (unpaired) electrons. The fraction of sp³-hybridized carbons (Fsp3) is 0.407. The summed E-state index contributed by atoms with van der Waals surface area (Å²) in [4.78, 5) is 23.2. The quantitative estimate of drug-likeness (QED) is 0.143. The number of carbonyl (C=O) groups excluding carboxylic acids is 2. The van der Waals surface area contributed by atoms with Gasteiger partial charge in [0.1, 0.15) is 11.5 Å². The first-order valence-electron chi connectivity index (χ1n) is 11.4. The zero-order chi connectivity index (χ0) is 24.6. The first-order chi connectivity index (χ1) is 15.8. The molecule has 33 heavy (non-hydrogen) atoms. The topological polar surface area (TPSA) is 107 Å². The monoisotopic (exact) mass is 455 g/mol. The van der Waals surface area contributed by atoms with Gasteiger partial charge in [0.25, 0.3) is 0 Å². The minimum Gasteiger partial charge on any atom is -0.510 e. The number of hydrogen-bond donors (Lipinski definition) is 4. The van der Waals surface area contributed by atoms with Gasteiger partial charge in [-0.3, -0.25) is 9.59 Å². The van der Waals surface area contributed by atoms with Gasteiger partial charge in [0.15, 0.2) is 5.78 Å². The molecule has 0 bridgehead atoms. The van der Waals surface area contributed by atoms with Gasteiger partial charge in [-0.25, -0.2) is 0 Å². The van der Waals surface area contributed by atoms with Crippen molar-refractivity contribution in [3.63, 3.8) is 0 Å². The Balaban J connectivity index is 2.26. The fourth-order valence-corrected chi connectivity index (χ4v) is 3.19. The van der Waals surface area contributed by atoms with Crippen molar-refractivity contribution in [1.29, 1.82) is 0 Å². The Labute approximate surface area is 197 Å². The molecule has 1 aliphatic carbocycles. The van der Waals surface area contributed by atoms with Crippen LogP contribution >= 0.6 is 0 Å². The molecule has 1 aliphatic rings. The molecule has 0 saturated heterocycles. The summed E-state index contributed by atoms with van der Waals surface area (Å²) >= 11 is 0. The number of rotatable bonds is 13. The van der Waals surface area contributed by atoms with Gasteiger partial charge >= 0.3 is 0 Å². The molecule has 6 heteroatoms. The Morgan fingerprint density at radius 2 is 1.61 bits per heavy atom. The highest BCUT2D eigenvalue weighted by Crippen LogP contribution is 2.19. The van der Waals surface area contributed by atoms with E-state index in [1.54, 1.807) is 30.4 Å². The number of aliphatic hydroxyl groups is 3. The van der Waals surface area contributed by atoms with Crippen molar-refractivity contribution >= 4 is 11.7 Å². The Kier molecular flexibility index (Phi) is 13.4. The van der Waals surface area contributed by atoms with Crippen molar-refractivity contribution in [3.8, 4) is 0 Å². The third-order valence-corrected chi connectivity index (χ3v) is 5.29. The minimum absolute atomic E-state index is 0.00287. The van der Waals surface area contributed by atoms with Crippen molar-refractivity contribution in [1.82, 2.24) is 5.32 Å². The Hall–Kier alpha value is -2.96. The van der Waals surface area contributed by atoms with E-state index in [1.807, 2.05) is 57.2 Å². The first kappa shape index (κ1) is 28.1. The summed E-state index contributed by atoms with van der Waals surface area (Å²) in [7, 11) is 0. The van der Waals surface area contributed by atoms with Crippen LogP contribution in [-0.4, -0.2) is 39.2 Å². The molecule has 1 amide bonds. The molecule has 0 aromatic heterocycles. The van der Waals surface area contributed by atoms with Gasteiger partial charge in [-0.1, -0.05) is 80.7 Å². The number of aliphatic hydroxyl groups excluding tert-OH is 3. The van der Waals surface area contributed by atoms with Crippen LogP contribution in [0, 0.1) is 11.8 Å². The Morgan fingerprint density at radius 1 is 0.970 bits per heavy atom. The summed E-state index contributed by atoms with van der Waals surface area (Å²) < 4.78 is 0. The van der Waals surface area contributed by atoms with Crippen LogP contribution < -0.4 is 5.32 Å². The van der Waals surface area contributed by atoms with Gasteiger partial charge in [-0.15, -0.1) is 0 Å². The van der Waals surface area contributed by atoms with Crippen LogP contribution in [0.3, 0.4) is 0 Å². The normalized spacial score (nSPS) is 19.2. The zero-order valence-electron chi connectivity index (χ0n) is 19.7. The highest BCUT2D eigenvalue weighted by molar-refractivity contribution is 6.03. The summed E-state index contributed by atoms with van der Waals surface area (Å²) in [6.07, 6.45) is 22.5. The van der Waals surface area contributed by atoms with Crippen LogP contribution in [0.1, 0.15) is 46.5 Å². The number of ketones is 1. The predicted molar refractivity (Wildman–Crippen MR) is 132 cm³/mol. The van der Waals surface area contributed by atoms with Crippen LogP contribution in [0.4, 0.5) is 0 Å². The van der Waals surface area contributed by atoms with Gasteiger partial charge in [-0.2, -0.15) is 0 Å². The molecule has 0 aromatic carbocycles. The van der Waals surface area contributed by atoms with Gasteiger partial charge in [0.2, 0.25) is 5.91 Å². The van der Waals surface area contributed by atoms with Crippen LogP contribution in [0.15, 0.2) is 84.4 Å². The molecule has 6 nitrogen and oxygen atoms in total. The standard InChI is InChI=1S/C27H37NO5/c1-4-15-22(29)21(3)27(33)20(2)16-13-11-9-7-5-6-8-10-12-14-17-25(32)28-26-23(30)18-19-24(26)31/h4-8,10,12-17,20-22,27,29-30,33H,9,11,18-19H2,1-3H3,(H,28,32)/b7-5+,8-6+,12-10+,15-4+,16-13+,17-14+. The second-order valence-electron chi connectivity index (χ2n) is 8.02. The van der Waals surface area contributed by atoms with E-state index in [2.05, 4.69) is 5.32 Å². The molecule has 0 aliphatic heterocycles. The fourth-order valence-electron chi connectivity index (χ4n) is 3.19. The van der Waals surface area contributed by atoms with Crippen molar-refractivity contribution in [3.05, 3.63) is 84.4 Å². The molecule has 4 N–H and O–H groups in total. The maximum atomic E-state index is 11.7.